The first-order valence-electron chi connectivity index (χ1n) is 5.46. The molecule has 5 heteroatoms. The zero-order valence-electron chi connectivity index (χ0n) is 10.3. The van der Waals surface area contributed by atoms with Crippen LogP contribution in [0.15, 0.2) is 0 Å². The predicted octanol–water partition coefficient (Wildman–Crippen LogP) is 0.842. The summed E-state index contributed by atoms with van der Waals surface area (Å²) in [6, 6.07) is 0. The normalized spacial score (nSPS) is 27.4. The Morgan fingerprint density at radius 3 is 2.69 bits per heavy atom. The van der Waals surface area contributed by atoms with Gasteiger partial charge in [-0.15, -0.1) is 0 Å². The molecule has 0 spiro atoms. The fourth-order valence-electron chi connectivity index (χ4n) is 1.61. The summed E-state index contributed by atoms with van der Waals surface area (Å²) in [6.07, 6.45) is -0.600. The summed E-state index contributed by atoms with van der Waals surface area (Å²) in [5.41, 5.74) is -1.26. The number of esters is 1. The van der Waals surface area contributed by atoms with Gasteiger partial charge in [0.2, 0.25) is 0 Å². The van der Waals surface area contributed by atoms with Gasteiger partial charge < -0.3 is 19.3 Å². The highest BCUT2D eigenvalue weighted by Crippen LogP contribution is 2.30. The molecule has 0 aromatic rings. The van der Waals surface area contributed by atoms with E-state index in [2.05, 4.69) is 0 Å². The van der Waals surface area contributed by atoms with Crippen molar-refractivity contribution in [3.8, 4) is 0 Å². The van der Waals surface area contributed by atoms with Crippen LogP contribution in [-0.2, 0) is 19.0 Å². The number of hydrogen-bond acceptors (Lipinski definition) is 5. The van der Waals surface area contributed by atoms with E-state index in [0.717, 1.165) is 0 Å². The van der Waals surface area contributed by atoms with Gasteiger partial charge in [0, 0.05) is 0 Å². The molecular formula is C11H20O5. The van der Waals surface area contributed by atoms with Crippen LogP contribution in [0.2, 0.25) is 0 Å². The van der Waals surface area contributed by atoms with Crippen LogP contribution in [0.4, 0.5) is 0 Å². The molecule has 1 saturated heterocycles. The first-order valence-corrected chi connectivity index (χ1v) is 5.46. The second-order valence-corrected chi connectivity index (χ2v) is 4.66. The SMILES string of the molecule is CCOC(=O)CC(C)(O)[C@H]1COC(C)(C)O1. The molecule has 0 aromatic heterocycles. The summed E-state index contributed by atoms with van der Waals surface area (Å²) in [5, 5.41) is 10.1. The van der Waals surface area contributed by atoms with Crippen molar-refractivity contribution in [1.82, 2.24) is 0 Å². The fraction of sp³-hybridized carbons (Fsp3) is 0.909. The first-order chi connectivity index (χ1) is 7.27. The molecule has 1 heterocycles. The van der Waals surface area contributed by atoms with Crippen molar-refractivity contribution in [2.75, 3.05) is 13.2 Å². The number of carbonyl (C=O) groups excluding carboxylic acids is 1. The third-order valence-corrected chi connectivity index (χ3v) is 2.51. The number of rotatable bonds is 4. The van der Waals surface area contributed by atoms with Crippen molar-refractivity contribution >= 4 is 5.97 Å². The summed E-state index contributed by atoms with van der Waals surface area (Å²) >= 11 is 0. The van der Waals surface area contributed by atoms with Gasteiger partial charge in [0.1, 0.15) is 11.7 Å². The topological polar surface area (TPSA) is 65.0 Å². The van der Waals surface area contributed by atoms with E-state index in [1.807, 2.05) is 0 Å². The molecule has 0 aliphatic carbocycles. The Hall–Kier alpha value is -0.650. The Labute approximate surface area is 95.7 Å². The van der Waals surface area contributed by atoms with Gasteiger partial charge in [0.25, 0.3) is 0 Å². The van der Waals surface area contributed by atoms with Crippen LogP contribution in [0, 0.1) is 0 Å². The minimum absolute atomic E-state index is 0.0923. The van der Waals surface area contributed by atoms with E-state index in [1.165, 1.54) is 0 Å². The maximum atomic E-state index is 11.3. The summed E-state index contributed by atoms with van der Waals surface area (Å²) in [7, 11) is 0. The minimum Gasteiger partial charge on any atom is -0.466 e. The molecular weight excluding hydrogens is 212 g/mol. The highest BCUT2D eigenvalue weighted by atomic mass is 16.7. The van der Waals surface area contributed by atoms with Crippen LogP contribution in [0.1, 0.15) is 34.1 Å². The lowest BCUT2D eigenvalue weighted by Crippen LogP contribution is -2.44. The summed E-state index contributed by atoms with van der Waals surface area (Å²) < 4.78 is 15.7. The predicted molar refractivity (Wildman–Crippen MR) is 56.8 cm³/mol. The molecule has 16 heavy (non-hydrogen) atoms. The van der Waals surface area contributed by atoms with Gasteiger partial charge in [-0.05, 0) is 27.7 Å². The highest BCUT2D eigenvalue weighted by molar-refractivity contribution is 5.70. The maximum absolute atomic E-state index is 11.3. The van der Waals surface area contributed by atoms with Gasteiger partial charge in [-0.25, -0.2) is 0 Å². The molecule has 1 rings (SSSR count). The molecule has 1 unspecified atom stereocenters. The van der Waals surface area contributed by atoms with Crippen LogP contribution in [0.25, 0.3) is 0 Å². The number of ether oxygens (including phenoxy) is 3. The van der Waals surface area contributed by atoms with Gasteiger partial charge in [-0.3, -0.25) is 4.79 Å². The summed E-state index contributed by atoms with van der Waals surface area (Å²) in [4.78, 5) is 11.3. The standard InChI is InChI=1S/C11H20O5/c1-5-14-9(12)6-11(4,13)8-7-15-10(2,3)16-8/h8,13H,5-7H2,1-4H3/t8-,11?/m1/s1. The molecule has 0 saturated carbocycles. The Morgan fingerprint density at radius 2 is 2.25 bits per heavy atom. The molecule has 1 fully saturated rings. The van der Waals surface area contributed by atoms with Gasteiger partial charge in [-0.1, -0.05) is 0 Å². The van der Waals surface area contributed by atoms with E-state index >= 15 is 0 Å². The van der Waals surface area contributed by atoms with E-state index in [0.29, 0.717) is 6.61 Å². The smallest absolute Gasteiger partial charge is 0.308 e. The fourth-order valence-corrected chi connectivity index (χ4v) is 1.61. The van der Waals surface area contributed by atoms with Gasteiger partial charge in [-0.2, -0.15) is 0 Å². The first kappa shape index (κ1) is 13.4. The molecule has 0 radical (unpaired) electrons. The Balaban J connectivity index is 2.54. The zero-order valence-corrected chi connectivity index (χ0v) is 10.3. The monoisotopic (exact) mass is 232 g/mol. The Morgan fingerprint density at radius 1 is 1.62 bits per heavy atom. The van der Waals surface area contributed by atoms with Crippen molar-refractivity contribution in [3.63, 3.8) is 0 Å². The van der Waals surface area contributed by atoms with E-state index in [-0.39, 0.29) is 13.0 Å². The van der Waals surface area contributed by atoms with Gasteiger partial charge in [0.15, 0.2) is 5.79 Å². The molecule has 1 aliphatic heterocycles. The molecule has 94 valence electrons. The Kier molecular flexibility index (Phi) is 3.93. The van der Waals surface area contributed by atoms with Crippen LogP contribution in [0.5, 0.6) is 0 Å². The third kappa shape index (κ3) is 3.43. The molecule has 0 aromatic carbocycles. The number of carbonyl (C=O) groups is 1. The summed E-state index contributed by atoms with van der Waals surface area (Å²) in [6.45, 7) is 7.41. The third-order valence-electron chi connectivity index (χ3n) is 2.51. The second kappa shape index (κ2) is 4.69. The Bertz CT molecular complexity index is 259. The largest absolute Gasteiger partial charge is 0.466 e. The molecule has 1 aliphatic rings. The molecule has 0 amide bonds. The molecule has 5 nitrogen and oxygen atoms in total. The number of hydrogen-bond donors (Lipinski definition) is 1. The van der Waals surface area contributed by atoms with E-state index < -0.39 is 23.5 Å². The molecule has 1 N–H and O–H groups in total. The van der Waals surface area contributed by atoms with Crippen LogP contribution in [0.3, 0.4) is 0 Å². The lowest BCUT2D eigenvalue weighted by atomic mass is 9.96. The van der Waals surface area contributed by atoms with Crippen molar-refractivity contribution < 1.29 is 24.1 Å². The average molecular weight is 232 g/mol. The highest BCUT2D eigenvalue weighted by Gasteiger charge is 2.44. The number of aliphatic hydroxyl groups is 1. The van der Waals surface area contributed by atoms with Crippen LogP contribution < -0.4 is 0 Å². The quantitative estimate of drug-likeness (QED) is 0.728. The van der Waals surface area contributed by atoms with Crippen molar-refractivity contribution in [1.29, 1.82) is 0 Å². The van der Waals surface area contributed by atoms with Crippen LogP contribution >= 0.6 is 0 Å². The van der Waals surface area contributed by atoms with Gasteiger partial charge in [0.05, 0.1) is 19.6 Å². The van der Waals surface area contributed by atoms with Crippen molar-refractivity contribution in [2.24, 2.45) is 0 Å². The lowest BCUT2D eigenvalue weighted by molar-refractivity contribution is -0.175. The summed E-state index contributed by atoms with van der Waals surface area (Å²) in [5.74, 6) is -1.13. The van der Waals surface area contributed by atoms with Crippen LogP contribution in [-0.4, -0.2) is 41.8 Å². The maximum Gasteiger partial charge on any atom is 0.308 e. The lowest BCUT2D eigenvalue weighted by Gasteiger charge is -2.28. The molecule has 0 bridgehead atoms. The second-order valence-electron chi connectivity index (χ2n) is 4.66. The van der Waals surface area contributed by atoms with Crippen molar-refractivity contribution in [3.05, 3.63) is 0 Å². The van der Waals surface area contributed by atoms with E-state index in [9.17, 15) is 9.90 Å². The molecule has 2 atom stereocenters. The van der Waals surface area contributed by atoms with E-state index in [4.69, 9.17) is 14.2 Å². The minimum atomic E-state index is -1.26. The zero-order chi connectivity index (χ0) is 12.4. The van der Waals surface area contributed by atoms with E-state index in [1.54, 1.807) is 27.7 Å². The average Bonchev–Trinajstić information content (AvgIpc) is 2.46. The van der Waals surface area contributed by atoms with Gasteiger partial charge >= 0.3 is 5.97 Å². The van der Waals surface area contributed by atoms with Crippen molar-refractivity contribution in [2.45, 2.75) is 51.6 Å².